The minimum atomic E-state index is -0.428. The lowest BCUT2D eigenvalue weighted by Gasteiger charge is -2.32. The highest BCUT2D eigenvalue weighted by Gasteiger charge is 2.30. The number of halogens is 1. The van der Waals surface area contributed by atoms with E-state index in [0.717, 1.165) is 63.3 Å². The zero-order chi connectivity index (χ0) is 13.4. The van der Waals surface area contributed by atoms with Gasteiger partial charge >= 0.3 is 0 Å². The highest BCUT2D eigenvalue weighted by Crippen LogP contribution is 2.36. The number of rotatable bonds is 2. The first-order chi connectivity index (χ1) is 9.20. The Morgan fingerprint density at radius 3 is 2.74 bits per heavy atom. The Kier molecular flexibility index (Phi) is 3.83. The number of aromatic nitrogens is 2. The Morgan fingerprint density at radius 2 is 2.05 bits per heavy atom. The fraction of sp³-hybridized carbons (Fsp3) is 0.786. The Labute approximate surface area is 119 Å². The Hall–Kier alpha value is -0.580. The van der Waals surface area contributed by atoms with Crippen molar-refractivity contribution in [3.05, 3.63) is 16.7 Å². The average Bonchev–Trinajstić information content (AvgIpc) is 2.78. The molecule has 2 aliphatic heterocycles. The molecule has 1 aromatic heterocycles. The van der Waals surface area contributed by atoms with Gasteiger partial charge in [-0.25, -0.2) is 4.98 Å². The molecule has 19 heavy (non-hydrogen) atoms. The van der Waals surface area contributed by atoms with Gasteiger partial charge in [-0.2, -0.15) is 0 Å². The molecule has 0 aliphatic carbocycles. The third-order valence-electron chi connectivity index (χ3n) is 4.56. The van der Waals surface area contributed by atoms with E-state index in [9.17, 15) is 5.11 Å². The third kappa shape index (κ3) is 2.41. The van der Waals surface area contributed by atoms with Crippen molar-refractivity contribution in [1.82, 2.24) is 14.5 Å². The van der Waals surface area contributed by atoms with E-state index in [2.05, 4.69) is 16.8 Å². The van der Waals surface area contributed by atoms with E-state index >= 15 is 0 Å². The van der Waals surface area contributed by atoms with E-state index in [4.69, 9.17) is 11.6 Å². The molecule has 1 saturated heterocycles. The second-order valence-electron chi connectivity index (χ2n) is 5.66. The summed E-state index contributed by atoms with van der Waals surface area (Å²) in [5.74, 6) is 1.46. The first-order valence-corrected chi connectivity index (χ1v) is 7.75. The Balaban J connectivity index is 1.85. The first-order valence-electron chi connectivity index (χ1n) is 7.37. The summed E-state index contributed by atoms with van der Waals surface area (Å²) in [4.78, 5) is 7.03. The molecular weight excluding hydrogens is 262 g/mol. The number of hydrogen-bond acceptors (Lipinski definition) is 3. The van der Waals surface area contributed by atoms with Gasteiger partial charge in [-0.1, -0.05) is 18.5 Å². The maximum Gasteiger partial charge on any atom is 0.150 e. The zero-order valence-corrected chi connectivity index (χ0v) is 12.2. The number of aliphatic hydroxyl groups is 1. The standard InChI is InChI=1S/C14H22ClN3O/c1-2-17-8-6-10(7-9-17)14-16-13(15)11-4-3-5-12(19)18(11)14/h10,12,19H,2-9H2,1H3. The molecule has 1 fully saturated rings. The highest BCUT2D eigenvalue weighted by molar-refractivity contribution is 6.30. The van der Waals surface area contributed by atoms with E-state index in [1.54, 1.807) is 0 Å². The first kappa shape index (κ1) is 13.4. The summed E-state index contributed by atoms with van der Waals surface area (Å²) in [6.45, 7) is 5.57. The van der Waals surface area contributed by atoms with Crippen LogP contribution in [0.25, 0.3) is 0 Å². The summed E-state index contributed by atoms with van der Waals surface area (Å²) in [7, 11) is 0. The number of hydrogen-bond donors (Lipinski definition) is 1. The van der Waals surface area contributed by atoms with Gasteiger partial charge in [-0.15, -0.1) is 0 Å². The van der Waals surface area contributed by atoms with Crippen LogP contribution < -0.4 is 0 Å². The van der Waals surface area contributed by atoms with Crippen LogP contribution in [-0.2, 0) is 6.42 Å². The number of fused-ring (bicyclic) bond motifs is 1. The molecule has 1 N–H and O–H groups in total. The minimum Gasteiger partial charge on any atom is -0.373 e. The van der Waals surface area contributed by atoms with E-state index in [1.807, 2.05) is 4.57 Å². The molecule has 3 rings (SSSR count). The molecule has 2 aliphatic rings. The molecule has 0 amide bonds. The van der Waals surface area contributed by atoms with Crippen molar-refractivity contribution in [3.63, 3.8) is 0 Å². The lowest BCUT2D eigenvalue weighted by Crippen LogP contribution is -2.34. The van der Waals surface area contributed by atoms with Crippen molar-refractivity contribution in [3.8, 4) is 0 Å². The Morgan fingerprint density at radius 1 is 1.32 bits per heavy atom. The number of nitrogens with zero attached hydrogens (tertiary/aromatic N) is 3. The molecular formula is C14H22ClN3O. The van der Waals surface area contributed by atoms with Crippen molar-refractivity contribution in [2.24, 2.45) is 0 Å². The molecule has 1 unspecified atom stereocenters. The summed E-state index contributed by atoms with van der Waals surface area (Å²) in [5.41, 5.74) is 1.04. The zero-order valence-electron chi connectivity index (χ0n) is 11.5. The second kappa shape index (κ2) is 5.43. The van der Waals surface area contributed by atoms with Crippen LogP contribution in [0.1, 0.15) is 56.3 Å². The molecule has 0 saturated carbocycles. The smallest absolute Gasteiger partial charge is 0.150 e. The van der Waals surface area contributed by atoms with Gasteiger partial charge in [-0.3, -0.25) is 0 Å². The van der Waals surface area contributed by atoms with Crippen molar-refractivity contribution in [2.45, 2.75) is 51.2 Å². The Bertz CT molecular complexity index is 452. The molecule has 0 bridgehead atoms. The van der Waals surface area contributed by atoms with Gasteiger partial charge in [-0.05, 0) is 51.7 Å². The quantitative estimate of drug-likeness (QED) is 0.907. The predicted octanol–water partition coefficient (Wildman–Crippen LogP) is 2.56. The fourth-order valence-corrected chi connectivity index (χ4v) is 3.66. The van der Waals surface area contributed by atoms with Crippen LogP contribution in [0, 0.1) is 0 Å². The van der Waals surface area contributed by atoms with Crippen LogP contribution >= 0.6 is 11.6 Å². The van der Waals surface area contributed by atoms with Crippen molar-refractivity contribution >= 4 is 11.6 Å². The van der Waals surface area contributed by atoms with Gasteiger partial charge in [0.05, 0.1) is 5.69 Å². The molecule has 3 heterocycles. The van der Waals surface area contributed by atoms with Crippen LogP contribution in [0.15, 0.2) is 0 Å². The molecule has 0 radical (unpaired) electrons. The van der Waals surface area contributed by atoms with Gasteiger partial charge in [0.2, 0.25) is 0 Å². The normalized spacial score (nSPS) is 25.5. The van der Waals surface area contributed by atoms with Gasteiger partial charge in [0.15, 0.2) is 5.15 Å². The van der Waals surface area contributed by atoms with Crippen LogP contribution in [0.2, 0.25) is 5.15 Å². The van der Waals surface area contributed by atoms with Crippen LogP contribution in [0.3, 0.4) is 0 Å². The van der Waals surface area contributed by atoms with Crippen molar-refractivity contribution < 1.29 is 5.11 Å². The third-order valence-corrected chi connectivity index (χ3v) is 4.87. The van der Waals surface area contributed by atoms with Crippen LogP contribution in [0.5, 0.6) is 0 Å². The van der Waals surface area contributed by atoms with E-state index in [-0.39, 0.29) is 0 Å². The SMILES string of the molecule is CCN1CCC(c2nc(Cl)c3n2C(O)CCC3)CC1. The number of aliphatic hydroxyl groups excluding tert-OH is 1. The molecule has 1 aromatic rings. The molecule has 5 heteroatoms. The summed E-state index contributed by atoms with van der Waals surface area (Å²) >= 11 is 6.25. The summed E-state index contributed by atoms with van der Waals surface area (Å²) in [6.07, 6.45) is 4.57. The van der Waals surface area contributed by atoms with E-state index < -0.39 is 6.23 Å². The lowest BCUT2D eigenvalue weighted by molar-refractivity contribution is 0.0726. The molecule has 0 aromatic carbocycles. The van der Waals surface area contributed by atoms with Gasteiger partial charge in [0, 0.05) is 5.92 Å². The molecule has 0 spiro atoms. The fourth-order valence-electron chi connectivity index (χ4n) is 3.39. The summed E-state index contributed by atoms with van der Waals surface area (Å²) in [6, 6.07) is 0. The lowest BCUT2D eigenvalue weighted by atomic mass is 9.95. The van der Waals surface area contributed by atoms with E-state index in [1.165, 1.54) is 0 Å². The molecule has 106 valence electrons. The number of imidazole rings is 1. The summed E-state index contributed by atoms with van der Waals surface area (Å²) < 4.78 is 2.01. The maximum absolute atomic E-state index is 10.2. The van der Waals surface area contributed by atoms with Crippen molar-refractivity contribution in [2.75, 3.05) is 19.6 Å². The van der Waals surface area contributed by atoms with Gasteiger partial charge in [0.25, 0.3) is 0 Å². The van der Waals surface area contributed by atoms with Crippen LogP contribution in [-0.4, -0.2) is 39.2 Å². The van der Waals surface area contributed by atoms with Crippen molar-refractivity contribution in [1.29, 1.82) is 0 Å². The minimum absolute atomic E-state index is 0.428. The number of likely N-dealkylation sites (tertiary alicyclic amines) is 1. The average molecular weight is 284 g/mol. The monoisotopic (exact) mass is 283 g/mol. The van der Waals surface area contributed by atoms with E-state index in [0.29, 0.717) is 11.1 Å². The molecule has 4 nitrogen and oxygen atoms in total. The second-order valence-corrected chi connectivity index (χ2v) is 6.02. The highest BCUT2D eigenvalue weighted by atomic mass is 35.5. The largest absolute Gasteiger partial charge is 0.373 e. The topological polar surface area (TPSA) is 41.3 Å². The number of piperidine rings is 1. The van der Waals surface area contributed by atoms with Gasteiger partial charge in [0.1, 0.15) is 12.1 Å². The maximum atomic E-state index is 10.2. The predicted molar refractivity (Wildman–Crippen MR) is 75.5 cm³/mol. The van der Waals surface area contributed by atoms with Crippen LogP contribution in [0.4, 0.5) is 0 Å². The van der Waals surface area contributed by atoms with Gasteiger partial charge < -0.3 is 14.6 Å². The molecule has 1 atom stereocenters. The summed E-state index contributed by atoms with van der Waals surface area (Å²) in [5, 5.41) is 10.8.